The van der Waals surface area contributed by atoms with E-state index in [1.54, 1.807) is 0 Å². The average molecular weight is 317 g/mol. The van der Waals surface area contributed by atoms with Gasteiger partial charge in [-0.15, -0.1) is 0 Å². The summed E-state index contributed by atoms with van der Waals surface area (Å²) in [5.41, 5.74) is 3.84. The Hall–Kier alpha value is -1.35. The zero-order chi connectivity index (χ0) is 17.7. The highest BCUT2D eigenvalue weighted by molar-refractivity contribution is 5.91. The van der Waals surface area contributed by atoms with Crippen molar-refractivity contribution in [2.24, 2.45) is 5.41 Å². The second-order valence-corrected chi connectivity index (χ2v) is 9.19. The van der Waals surface area contributed by atoms with Crippen LogP contribution in [-0.2, 0) is 0 Å². The van der Waals surface area contributed by atoms with Gasteiger partial charge in [0.1, 0.15) is 0 Å². The van der Waals surface area contributed by atoms with Gasteiger partial charge in [0.25, 0.3) is 0 Å². The monoisotopic (exact) mass is 317 g/mol. The Kier molecular flexibility index (Phi) is 4.40. The molecule has 0 spiro atoms. The number of hydrogen-bond acceptors (Lipinski definition) is 2. The molecule has 1 aromatic rings. The fourth-order valence-electron chi connectivity index (χ4n) is 3.92. The summed E-state index contributed by atoms with van der Waals surface area (Å²) in [5, 5.41) is 9.37. The van der Waals surface area contributed by atoms with Crippen LogP contribution in [0.3, 0.4) is 0 Å². The number of carbonyl (C=O) groups is 1. The van der Waals surface area contributed by atoms with Gasteiger partial charge in [0.05, 0.1) is 11.6 Å². The van der Waals surface area contributed by atoms with Gasteiger partial charge in [0.15, 0.2) is 0 Å². The lowest BCUT2D eigenvalue weighted by Crippen LogP contribution is -2.28. The zero-order valence-corrected chi connectivity index (χ0v) is 15.8. The largest absolute Gasteiger partial charge is 0.478 e. The van der Waals surface area contributed by atoms with Crippen LogP contribution in [0.5, 0.6) is 0 Å². The molecule has 1 fully saturated rings. The maximum Gasteiger partial charge on any atom is 0.336 e. The molecule has 1 aromatic carbocycles. The standard InChI is InChI=1S/C20H31NO2/c1-12-9-14(10-13(2)16(12)18(22)23)17-15(11-19(3,4)5)21(17)20(6,7)8/h9-10,15,17H,11H2,1-8H3,(H,22,23). The Morgan fingerprint density at radius 3 is 1.91 bits per heavy atom. The zero-order valence-electron chi connectivity index (χ0n) is 15.8. The van der Waals surface area contributed by atoms with E-state index in [2.05, 4.69) is 58.6 Å². The maximum absolute atomic E-state index is 11.4. The van der Waals surface area contributed by atoms with E-state index in [-0.39, 0.29) is 11.0 Å². The molecule has 0 bridgehead atoms. The van der Waals surface area contributed by atoms with Crippen LogP contribution in [0.15, 0.2) is 12.1 Å². The lowest BCUT2D eigenvalue weighted by molar-refractivity contribution is 0.0695. The first-order valence-electron chi connectivity index (χ1n) is 8.46. The Labute approximate surface area is 140 Å². The molecule has 1 aliphatic rings. The van der Waals surface area contributed by atoms with E-state index in [1.807, 2.05) is 13.8 Å². The highest BCUT2D eigenvalue weighted by Crippen LogP contribution is 2.53. The van der Waals surface area contributed by atoms with Gasteiger partial charge in [-0.2, -0.15) is 0 Å². The minimum absolute atomic E-state index is 0.119. The number of aromatic carboxylic acids is 1. The van der Waals surface area contributed by atoms with Gasteiger partial charge >= 0.3 is 5.97 Å². The SMILES string of the molecule is Cc1cc(C2C(CC(C)(C)C)N2C(C)(C)C)cc(C)c1C(=O)O. The quantitative estimate of drug-likeness (QED) is 0.801. The fourth-order valence-corrected chi connectivity index (χ4v) is 3.92. The molecule has 1 N–H and O–H groups in total. The molecule has 1 aliphatic heterocycles. The van der Waals surface area contributed by atoms with E-state index < -0.39 is 5.97 Å². The fraction of sp³-hybridized carbons (Fsp3) is 0.650. The first-order valence-corrected chi connectivity index (χ1v) is 8.46. The van der Waals surface area contributed by atoms with E-state index in [0.29, 0.717) is 17.6 Å². The predicted molar refractivity (Wildman–Crippen MR) is 95.1 cm³/mol. The van der Waals surface area contributed by atoms with Crippen molar-refractivity contribution >= 4 is 5.97 Å². The third-order valence-corrected chi connectivity index (χ3v) is 4.64. The number of carboxylic acid groups (broad SMARTS) is 1. The molecule has 3 unspecified atom stereocenters. The summed E-state index contributed by atoms with van der Waals surface area (Å²) >= 11 is 0. The van der Waals surface area contributed by atoms with Crippen LogP contribution in [0.4, 0.5) is 0 Å². The highest BCUT2D eigenvalue weighted by Gasteiger charge is 2.54. The Morgan fingerprint density at radius 2 is 1.57 bits per heavy atom. The van der Waals surface area contributed by atoms with Gasteiger partial charge in [0, 0.05) is 11.6 Å². The van der Waals surface area contributed by atoms with Gasteiger partial charge in [-0.3, -0.25) is 4.90 Å². The first-order chi connectivity index (χ1) is 10.3. The third kappa shape index (κ3) is 3.77. The van der Waals surface area contributed by atoms with Crippen LogP contribution in [-0.4, -0.2) is 27.6 Å². The van der Waals surface area contributed by atoms with Gasteiger partial charge in [-0.25, -0.2) is 4.79 Å². The van der Waals surface area contributed by atoms with Crippen LogP contribution in [0.25, 0.3) is 0 Å². The van der Waals surface area contributed by atoms with E-state index >= 15 is 0 Å². The summed E-state index contributed by atoms with van der Waals surface area (Å²) in [5.74, 6) is -0.832. The molecule has 128 valence electrons. The average Bonchev–Trinajstić information content (AvgIpc) is 2.98. The van der Waals surface area contributed by atoms with Crippen molar-refractivity contribution in [3.05, 3.63) is 34.4 Å². The Balaban J connectivity index is 2.38. The van der Waals surface area contributed by atoms with Crippen molar-refractivity contribution in [2.45, 2.75) is 79.4 Å². The van der Waals surface area contributed by atoms with Crippen molar-refractivity contribution in [3.8, 4) is 0 Å². The van der Waals surface area contributed by atoms with Crippen molar-refractivity contribution < 1.29 is 9.90 Å². The van der Waals surface area contributed by atoms with Gasteiger partial charge in [-0.1, -0.05) is 32.9 Å². The number of aryl methyl sites for hydroxylation is 2. The van der Waals surface area contributed by atoms with E-state index in [1.165, 1.54) is 5.56 Å². The molecule has 0 aromatic heterocycles. The lowest BCUT2D eigenvalue weighted by atomic mass is 9.88. The summed E-state index contributed by atoms with van der Waals surface area (Å²) in [4.78, 5) is 14.0. The van der Waals surface area contributed by atoms with Crippen LogP contribution in [0.2, 0.25) is 0 Å². The molecule has 1 saturated heterocycles. The number of rotatable bonds is 3. The predicted octanol–water partition coefficient (Wildman–Crippen LogP) is 4.96. The van der Waals surface area contributed by atoms with Crippen molar-refractivity contribution in [1.29, 1.82) is 0 Å². The molecule has 1 heterocycles. The number of nitrogens with zero attached hydrogens (tertiary/aromatic N) is 1. The first kappa shape index (κ1) is 18.0. The molecule has 23 heavy (non-hydrogen) atoms. The molecule has 0 saturated carbocycles. The number of benzene rings is 1. The highest BCUT2D eigenvalue weighted by atomic mass is 16.4. The van der Waals surface area contributed by atoms with E-state index in [9.17, 15) is 9.90 Å². The van der Waals surface area contributed by atoms with Gasteiger partial charge in [-0.05, 0) is 63.1 Å². The van der Waals surface area contributed by atoms with Crippen molar-refractivity contribution in [2.75, 3.05) is 0 Å². The van der Waals surface area contributed by atoms with Gasteiger partial charge < -0.3 is 5.11 Å². The number of hydrogen-bond donors (Lipinski definition) is 1. The third-order valence-electron chi connectivity index (χ3n) is 4.64. The summed E-state index contributed by atoms with van der Waals surface area (Å²) in [6, 6.07) is 5.07. The van der Waals surface area contributed by atoms with E-state index in [0.717, 1.165) is 17.5 Å². The molecule has 3 atom stereocenters. The second kappa shape index (κ2) is 5.62. The van der Waals surface area contributed by atoms with Crippen LogP contribution in [0.1, 0.15) is 81.1 Å². The molecule has 0 aliphatic carbocycles. The minimum Gasteiger partial charge on any atom is -0.478 e. The molecule has 0 amide bonds. The molecule has 2 rings (SSSR count). The topological polar surface area (TPSA) is 40.3 Å². The van der Waals surface area contributed by atoms with Gasteiger partial charge in [0.2, 0.25) is 0 Å². The molecular weight excluding hydrogens is 286 g/mol. The molecular formula is C20H31NO2. The number of carboxylic acids is 1. The summed E-state index contributed by atoms with van der Waals surface area (Å²) in [6.45, 7) is 17.4. The van der Waals surface area contributed by atoms with E-state index in [4.69, 9.17) is 0 Å². The summed E-state index contributed by atoms with van der Waals surface area (Å²) in [7, 11) is 0. The minimum atomic E-state index is -0.832. The Morgan fingerprint density at radius 1 is 1.09 bits per heavy atom. The normalized spacial score (nSPS) is 24.6. The smallest absolute Gasteiger partial charge is 0.336 e. The second-order valence-electron chi connectivity index (χ2n) is 9.19. The molecule has 0 radical (unpaired) electrons. The summed E-state index contributed by atoms with van der Waals surface area (Å²) < 4.78 is 0. The Bertz CT molecular complexity index is 597. The molecule has 3 nitrogen and oxygen atoms in total. The van der Waals surface area contributed by atoms with Crippen LogP contribution < -0.4 is 0 Å². The van der Waals surface area contributed by atoms with Crippen LogP contribution in [0, 0.1) is 19.3 Å². The molecule has 3 heteroatoms. The van der Waals surface area contributed by atoms with Crippen molar-refractivity contribution in [1.82, 2.24) is 4.90 Å². The maximum atomic E-state index is 11.4. The lowest BCUT2D eigenvalue weighted by Gasteiger charge is -2.24. The van der Waals surface area contributed by atoms with Crippen LogP contribution >= 0.6 is 0 Å². The van der Waals surface area contributed by atoms with Crippen molar-refractivity contribution in [3.63, 3.8) is 0 Å². The summed E-state index contributed by atoms with van der Waals surface area (Å²) in [6.07, 6.45) is 1.15.